The fraction of sp³-hybridized carbons (Fsp3) is 1.00. The molecule has 1 heterocycles. The van der Waals surface area contributed by atoms with Crippen molar-refractivity contribution in [1.29, 1.82) is 0 Å². The van der Waals surface area contributed by atoms with Crippen molar-refractivity contribution in [2.45, 2.75) is 20.3 Å². The van der Waals surface area contributed by atoms with Gasteiger partial charge in [0.2, 0.25) is 0 Å². The van der Waals surface area contributed by atoms with Crippen molar-refractivity contribution < 1.29 is 0 Å². The summed E-state index contributed by atoms with van der Waals surface area (Å²) in [4.78, 5) is 2.55. The topological polar surface area (TPSA) is 3.24 Å². The highest BCUT2D eigenvalue weighted by Gasteiger charge is 2.20. The SMILES string of the molecule is CC(C)C(CBr)CN1CCC1. The van der Waals surface area contributed by atoms with Gasteiger partial charge in [0.15, 0.2) is 0 Å². The number of alkyl halides is 1. The molecule has 2 heteroatoms. The van der Waals surface area contributed by atoms with Crippen molar-refractivity contribution in [2.24, 2.45) is 11.8 Å². The van der Waals surface area contributed by atoms with Crippen molar-refractivity contribution in [3.05, 3.63) is 0 Å². The summed E-state index contributed by atoms with van der Waals surface area (Å²) in [5.74, 6) is 1.66. The zero-order valence-electron chi connectivity index (χ0n) is 7.52. The van der Waals surface area contributed by atoms with Gasteiger partial charge in [-0.1, -0.05) is 29.8 Å². The fourth-order valence-corrected chi connectivity index (χ4v) is 2.29. The number of hydrogen-bond donors (Lipinski definition) is 0. The van der Waals surface area contributed by atoms with E-state index in [0.717, 1.165) is 17.2 Å². The van der Waals surface area contributed by atoms with Gasteiger partial charge in [-0.25, -0.2) is 0 Å². The van der Waals surface area contributed by atoms with Crippen LogP contribution in [-0.2, 0) is 0 Å². The molecule has 1 nitrogen and oxygen atoms in total. The summed E-state index contributed by atoms with van der Waals surface area (Å²) in [6.07, 6.45) is 1.41. The predicted octanol–water partition coefficient (Wildman–Crippen LogP) is 2.36. The van der Waals surface area contributed by atoms with Gasteiger partial charge >= 0.3 is 0 Å². The molecule has 0 radical (unpaired) electrons. The Kier molecular flexibility index (Phi) is 3.86. The first-order chi connectivity index (χ1) is 5.24. The largest absolute Gasteiger partial charge is 0.303 e. The first-order valence-corrected chi connectivity index (χ1v) is 5.64. The molecular weight excluding hydrogens is 202 g/mol. The van der Waals surface area contributed by atoms with E-state index in [4.69, 9.17) is 0 Å². The average Bonchev–Trinajstić information content (AvgIpc) is 1.85. The van der Waals surface area contributed by atoms with Crippen LogP contribution in [0.4, 0.5) is 0 Å². The van der Waals surface area contributed by atoms with E-state index in [9.17, 15) is 0 Å². The third-order valence-electron chi connectivity index (χ3n) is 2.58. The van der Waals surface area contributed by atoms with E-state index >= 15 is 0 Å². The number of rotatable bonds is 4. The minimum Gasteiger partial charge on any atom is -0.303 e. The van der Waals surface area contributed by atoms with E-state index in [0.29, 0.717) is 0 Å². The molecule has 1 aliphatic rings. The normalized spacial score (nSPS) is 21.8. The van der Waals surface area contributed by atoms with Crippen molar-refractivity contribution in [1.82, 2.24) is 4.90 Å². The van der Waals surface area contributed by atoms with Gasteiger partial charge in [-0.15, -0.1) is 0 Å². The van der Waals surface area contributed by atoms with Crippen LogP contribution in [0.15, 0.2) is 0 Å². The number of halogens is 1. The van der Waals surface area contributed by atoms with Crippen LogP contribution in [0.2, 0.25) is 0 Å². The van der Waals surface area contributed by atoms with Gasteiger partial charge in [-0.2, -0.15) is 0 Å². The maximum absolute atomic E-state index is 3.57. The third-order valence-corrected chi connectivity index (χ3v) is 3.41. The molecule has 0 aromatic rings. The molecule has 0 N–H and O–H groups in total. The summed E-state index contributed by atoms with van der Waals surface area (Å²) in [6, 6.07) is 0. The molecule has 1 unspecified atom stereocenters. The Balaban J connectivity index is 2.19. The molecule has 0 saturated carbocycles. The second-order valence-corrected chi connectivity index (χ2v) is 4.46. The highest BCUT2D eigenvalue weighted by molar-refractivity contribution is 9.09. The highest BCUT2D eigenvalue weighted by Crippen LogP contribution is 2.18. The number of likely N-dealkylation sites (tertiary alicyclic amines) is 1. The predicted molar refractivity (Wildman–Crippen MR) is 53.2 cm³/mol. The van der Waals surface area contributed by atoms with Gasteiger partial charge in [0, 0.05) is 11.9 Å². The summed E-state index contributed by atoms with van der Waals surface area (Å²) in [6.45, 7) is 8.58. The van der Waals surface area contributed by atoms with Crippen LogP contribution in [0.1, 0.15) is 20.3 Å². The van der Waals surface area contributed by atoms with Gasteiger partial charge < -0.3 is 4.90 Å². The van der Waals surface area contributed by atoms with Crippen molar-refractivity contribution in [3.8, 4) is 0 Å². The molecule has 1 atom stereocenters. The molecule has 1 rings (SSSR count). The lowest BCUT2D eigenvalue weighted by Gasteiger charge is -2.34. The average molecular weight is 220 g/mol. The van der Waals surface area contributed by atoms with E-state index in [1.807, 2.05) is 0 Å². The second-order valence-electron chi connectivity index (χ2n) is 3.81. The summed E-state index contributed by atoms with van der Waals surface area (Å²) in [5, 5.41) is 1.15. The Bertz CT molecular complexity index is 110. The summed E-state index contributed by atoms with van der Waals surface area (Å²) >= 11 is 3.57. The molecule has 0 amide bonds. The van der Waals surface area contributed by atoms with Gasteiger partial charge in [0.25, 0.3) is 0 Å². The maximum Gasteiger partial charge on any atom is 0.00743 e. The molecule has 1 saturated heterocycles. The van der Waals surface area contributed by atoms with Crippen molar-refractivity contribution in [2.75, 3.05) is 25.0 Å². The van der Waals surface area contributed by atoms with Gasteiger partial charge in [-0.05, 0) is 31.3 Å². The Labute approximate surface area is 78.3 Å². The smallest absolute Gasteiger partial charge is 0.00743 e. The van der Waals surface area contributed by atoms with Crippen LogP contribution in [0.3, 0.4) is 0 Å². The standard InChI is InChI=1S/C9H18BrN/c1-8(2)9(6-10)7-11-4-3-5-11/h8-9H,3-7H2,1-2H3. The maximum atomic E-state index is 3.57. The Hall–Kier alpha value is 0.440. The number of hydrogen-bond acceptors (Lipinski definition) is 1. The third kappa shape index (κ3) is 2.75. The summed E-state index contributed by atoms with van der Waals surface area (Å²) < 4.78 is 0. The molecule has 66 valence electrons. The molecule has 11 heavy (non-hydrogen) atoms. The lowest BCUT2D eigenvalue weighted by atomic mass is 9.96. The van der Waals surface area contributed by atoms with Crippen LogP contribution in [0, 0.1) is 11.8 Å². The highest BCUT2D eigenvalue weighted by atomic mass is 79.9. The molecule has 0 aliphatic carbocycles. The zero-order valence-corrected chi connectivity index (χ0v) is 9.10. The van der Waals surface area contributed by atoms with E-state index in [2.05, 4.69) is 34.7 Å². The Morgan fingerprint density at radius 1 is 1.36 bits per heavy atom. The Morgan fingerprint density at radius 2 is 2.00 bits per heavy atom. The van der Waals surface area contributed by atoms with Crippen molar-refractivity contribution in [3.63, 3.8) is 0 Å². The molecular formula is C9H18BrN. The van der Waals surface area contributed by atoms with Crippen LogP contribution in [0.25, 0.3) is 0 Å². The molecule has 1 aliphatic heterocycles. The molecule has 0 spiro atoms. The minimum atomic E-state index is 0.815. The fourth-order valence-electron chi connectivity index (χ4n) is 1.33. The van der Waals surface area contributed by atoms with Crippen LogP contribution >= 0.6 is 15.9 Å². The monoisotopic (exact) mass is 219 g/mol. The van der Waals surface area contributed by atoms with Crippen LogP contribution in [-0.4, -0.2) is 29.9 Å². The van der Waals surface area contributed by atoms with Crippen molar-refractivity contribution >= 4 is 15.9 Å². The molecule has 1 fully saturated rings. The van der Waals surface area contributed by atoms with Gasteiger partial charge in [-0.3, -0.25) is 0 Å². The van der Waals surface area contributed by atoms with Crippen LogP contribution in [0.5, 0.6) is 0 Å². The van der Waals surface area contributed by atoms with Crippen LogP contribution < -0.4 is 0 Å². The first kappa shape index (κ1) is 9.53. The molecule has 0 aromatic carbocycles. The first-order valence-electron chi connectivity index (χ1n) is 4.52. The quantitative estimate of drug-likeness (QED) is 0.657. The molecule has 0 bridgehead atoms. The Morgan fingerprint density at radius 3 is 2.27 bits per heavy atom. The number of nitrogens with zero attached hydrogens (tertiary/aromatic N) is 1. The lowest BCUT2D eigenvalue weighted by molar-refractivity contribution is 0.143. The van der Waals surface area contributed by atoms with E-state index in [1.165, 1.54) is 26.1 Å². The zero-order chi connectivity index (χ0) is 8.27. The van der Waals surface area contributed by atoms with Gasteiger partial charge in [0.1, 0.15) is 0 Å². The molecule has 0 aromatic heterocycles. The second kappa shape index (κ2) is 4.46. The lowest BCUT2D eigenvalue weighted by Crippen LogP contribution is -2.41. The van der Waals surface area contributed by atoms with E-state index in [-0.39, 0.29) is 0 Å². The minimum absolute atomic E-state index is 0.815. The van der Waals surface area contributed by atoms with Gasteiger partial charge in [0.05, 0.1) is 0 Å². The van der Waals surface area contributed by atoms with E-state index < -0.39 is 0 Å². The van der Waals surface area contributed by atoms with E-state index in [1.54, 1.807) is 0 Å². The summed E-state index contributed by atoms with van der Waals surface area (Å²) in [7, 11) is 0. The summed E-state index contributed by atoms with van der Waals surface area (Å²) in [5.41, 5.74) is 0.